The van der Waals surface area contributed by atoms with E-state index in [0.717, 1.165) is 18.9 Å². The topological polar surface area (TPSA) is 80.5 Å². The molecule has 0 unspecified atom stereocenters. The van der Waals surface area contributed by atoms with Gasteiger partial charge in [-0.25, -0.2) is 0 Å². The van der Waals surface area contributed by atoms with Crippen molar-refractivity contribution in [2.45, 2.75) is 26.7 Å². The Morgan fingerprint density at radius 1 is 1.14 bits per heavy atom. The van der Waals surface area contributed by atoms with Crippen LogP contribution in [0.4, 0.5) is 5.69 Å². The van der Waals surface area contributed by atoms with E-state index in [1.165, 1.54) is 24.3 Å². The smallest absolute Gasteiger partial charge is 0.280 e. The number of amides is 1. The second-order valence-corrected chi connectivity index (χ2v) is 4.80. The predicted molar refractivity (Wildman–Crippen MR) is 83.7 cm³/mol. The molecule has 6 nitrogen and oxygen atoms in total. The van der Waals surface area contributed by atoms with E-state index in [4.69, 9.17) is 0 Å². The Morgan fingerprint density at radius 3 is 2.27 bits per heavy atom. The molecule has 6 heteroatoms. The van der Waals surface area contributed by atoms with Crippen molar-refractivity contribution in [3.8, 4) is 0 Å². The molecule has 0 bridgehead atoms. The highest BCUT2D eigenvalue weighted by molar-refractivity contribution is 6.09. The number of carbonyl (C=O) groups excluding carboxylic acids is 2. The maximum atomic E-state index is 12.1. The van der Waals surface area contributed by atoms with Crippen molar-refractivity contribution in [3.05, 3.63) is 52.1 Å². The number of nitro groups is 1. The molecule has 1 rings (SSSR count). The van der Waals surface area contributed by atoms with Gasteiger partial charge in [0.05, 0.1) is 10.5 Å². The van der Waals surface area contributed by atoms with Crippen LogP contribution >= 0.6 is 0 Å². The minimum Gasteiger partial charge on any atom is -0.339 e. The average Bonchev–Trinajstić information content (AvgIpc) is 2.52. The van der Waals surface area contributed by atoms with E-state index in [1.807, 2.05) is 13.8 Å². The number of rotatable bonds is 8. The summed E-state index contributed by atoms with van der Waals surface area (Å²) in [5, 5.41) is 10.9. The van der Waals surface area contributed by atoms with Crippen LogP contribution in [0.1, 0.15) is 37.0 Å². The van der Waals surface area contributed by atoms with Crippen LogP contribution in [-0.2, 0) is 4.79 Å². The molecule has 0 saturated heterocycles. The fourth-order valence-electron chi connectivity index (χ4n) is 2.06. The first kappa shape index (κ1) is 17.6. The molecule has 0 fully saturated rings. The molecule has 0 aliphatic carbocycles. The van der Waals surface area contributed by atoms with Crippen molar-refractivity contribution in [2.75, 3.05) is 13.1 Å². The normalized spacial score (nSPS) is 10.6. The van der Waals surface area contributed by atoms with Gasteiger partial charge in [-0.3, -0.25) is 19.7 Å². The average molecular weight is 304 g/mol. The third-order valence-corrected chi connectivity index (χ3v) is 3.04. The van der Waals surface area contributed by atoms with Crippen molar-refractivity contribution >= 4 is 17.4 Å². The number of nitrogens with zero attached hydrogens (tertiary/aromatic N) is 2. The molecule has 0 heterocycles. The molecule has 118 valence electrons. The summed E-state index contributed by atoms with van der Waals surface area (Å²) in [4.78, 5) is 36.0. The van der Waals surface area contributed by atoms with Crippen LogP contribution in [0.2, 0.25) is 0 Å². The van der Waals surface area contributed by atoms with Crippen molar-refractivity contribution in [2.24, 2.45) is 0 Å². The highest BCUT2D eigenvalue weighted by atomic mass is 16.6. The van der Waals surface area contributed by atoms with Gasteiger partial charge in [0.2, 0.25) is 5.91 Å². The SMILES string of the molecule is CCCN(CCC)C(=O)/C=C/C(=O)c1ccccc1[N+](=O)[O-]. The Kier molecular flexibility index (Phi) is 6.95. The molecule has 0 aromatic heterocycles. The minimum absolute atomic E-state index is 0.0194. The fraction of sp³-hybridized carbons (Fsp3) is 0.375. The first-order chi connectivity index (χ1) is 10.5. The Hall–Kier alpha value is -2.50. The van der Waals surface area contributed by atoms with Crippen LogP contribution in [0, 0.1) is 10.1 Å². The zero-order valence-corrected chi connectivity index (χ0v) is 12.8. The molecule has 1 aromatic carbocycles. The van der Waals surface area contributed by atoms with Crippen LogP contribution in [-0.4, -0.2) is 34.6 Å². The van der Waals surface area contributed by atoms with E-state index in [2.05, 4.69) is 0 Å². The molecule has 1 aromatic rings. The second kappa shape index (κ2) is 8.71. The van der Waals surface area contributed by atoms with Gasteiger partial charge in [-0.05, 0) is 25.0 Å². The first-order valence-corrected chi connectivity index (χ1v) is 7.26. The number of hydrogen-bond acceptors (Lipinski definition) is 4. The number of hydrogen-bond donors (Lipinski definition) is 0. The van der Waals surface area contributed by atoms with E-state index in [-0.39, 0.29) is 17.2 Å². The van der Waals surface area contributed by atoms with Crippen molar-refractivity contribution in [1.29, 1.82) is 0 Å². The molecule has 22 heavy (non-hydrogen) atoms. The number of para-hydroxylation sites is 1. The highest BCUT2D eigenvalue weighted by Crippen LogP contribution is 2.18. The van der Waals surface area contributed by atoms with Crippen LogP contribution in [0.5, 0.6) is 0 Å². The Morgan fingerprint density at radius 2 is 1.73 bits per heavy atom. The number of carbonyl (C=O) groups is 2. The summed E-state index contributed by atoms with van der Waals surface area (Å²) in [6.45, 7) is 5.18. The van der Waals surface area contributed by atoms with Gasteiger partial charge in [-0.2, -0.15) is 0 Å². The highest BCUT2D eigenvalue weighted by Gasteiger charge is 2.17. The summed E-state index contributed by atoms with van der Waals surface area (Å²) in [7, 11) is 0. The van der Waals surface area contributed by atoms with E-state index >= 15 is 0 Å². The number of allylic oxidation sites excluding steroid dienone is 1. The number of nitro benzene ring substituents is 1. The molecular formula is C16H20N2O4. The van der Waals surface area contributed by atoms with Crippen LogP contribution in [0.3, 0.4) is 0 Å². The molecule has 0 radical (unpaired) electrons. The van der Waals surface area contributed by atoms with Gasteiger partial charge in [0, 0.05) is 25.2 Å². The summed E-state index contributed by atoms with van der Waals surface area (Å²) >= 11 is 0. The minimum atomic E-state index is -0.608. The Balaban J connectivity index is 2.87. The zero-order chi connectivity index (χ0) is 16.5. The number of benzene rings is 1. The maximum absolute atomic E-state index is 12.1. The monoisotopic (exact) mass is 304 g/mol. The molecule has 0 aliphatic heterocycles. The molecule has 0 aliphatic rings. The summed E-state index contributed by atoms with van der Waals surface area (Å²) in [5.41, 5.74) is -0.280. The van der Waals surface area contributed by atoms with Gasteiger partial charge in [0.25, 0.3) is 5.69 Å². The molecule has 0 saturated carbocycles. The predicted octanol–water partition coefficient (Wildman–Crippen LogP) is 2.98. The van der Waals surface area contributed by atoms with Crippen LogP contribution in [0.15, 0.2) is 36.4 Å². The Bertz CT molecular complexity index is 575. The van der Waals surface area contributed by atoms with E-state index in [9.17, 15) is 19.7 Å². The first-order valence-electron chi connectivity index (χ1n) is 7.26. The van der Waals surface area contributed by atoms with Gasteiger partial charge in [0.1, 0.15) is 0 Å². The zero-order valence-electron chi connectivity index (χ0n) is 12.8. The lowest BCUT2D eigenvalue weighted by Crippen LogP contribution is -2.31. The fourth-order valence-corrected chi connectivity index (χ4v) is 2.06. The van der Waals surface area contributed by atoms with Gasteiger partial charge in [0.15, 0.2) is 5.78 Å². The maximum Gasteiger partial charge on any atom is 0.280 e. The molecule has 0 atom stereocenters. The van der Waals surface area contributed by atoms with Gasteiger partial charge in [-0.15, -0.1) is 0 Å². The molecule has 0 spiro atoms. The van der Waals surface area contributed by atoms with Gasteiger partial charge < -0.3 is 4.90 Å². The molecule has 0 N–H and O–H groups in total. The van der Waals surface area contributed by atoms with E-state index in [0.29, 0.717) is 13.1 Å². The Labute approximate surface area is 129 Å². The second-order valence-electron chi connectivity index (χ2n) is 4.80. The standard InChI is InChI=1S/C16H20N2O4/c1-3-11-17(12-4-2)16(20)10-9-15(19)13-7-5-6-8-14(13)18(21)22/h5-10H,3-4,11-12H2,1-2H3/b10-9+. The molecule has 1 amide bonds. The lowest BCUT2D eigenvalue weighted by Gasteiger charge is -2.19. The van der Waals surface area contributed by atoms with Crippen LogP contribution in [0.25, 0.3) is 0 Å². The number of ketones is 1. The lowest BCUT2D eigenvalue weighted by atomic mass is 10.1. The summed E-state index contributed by atoms with van der Waals surface area (Å²) in [5.74, 6) is -0.802. The molecular weight excluding hydrogens is 284 g/mol. The van der Waals surface area contributed by atoms with Crippen LogP contribution < -0.4 is 0 Å². The summed E-state index contributed by atoms with van der Waals surface area (Å²) in [6.07, 6.45) is 3.95. The third kappa shape index (κ3) is 4.80. The summed E-state index contributed by atoms with van der Waals surface area (Å²) in [6, 6.07) is 5.69. The van der Waals surface area contributed by atoms with E-state index in [1.54, 1.807) is 11.0 Å². The largest absolute Gasteiger partial charge is 0.339 e. The van der Waals surface area contributed by atoms with Crippen molar-refractivity contribution in [3.63, 3.8) is 0 Å². The van der Waals surface area contributed by atoms with E-state index < -0.39 is 10.7 Å². The lowest BCUT2D eigenvalue weighted by molar-refractivity contribution is -0.385. The quantitative estimate of drug-likeness (QED) is 0.320. The van der Waals surface area contributed by atoms with Gasteiger partial charge in [-0.1, -0.05) is 26.0 Å². The van der Waals surface area contributed by atoms with Crippen molar-refractivity contribution in [1.82, 2.24) is 4.90 Å². The van der Waals surface area contributed by atoms with Gasteiger partial charge >= 0.3 is 0 Å². The third-order valence-electron chi connectivity index (χ3n) is 3.04. The van der Waals surface area contributed by atoms with Crippen molar-refractivity contribution < 1.29 is 14.5 Å². The summed E-state index contributed by atoms with van der Waals surface area (Å²) < 4.78 is 0.